The Bertz CT molecular complexity index is 359. The lowest BCUT2D eigenvalue weighted by Crippen LogP contribution is -2.31. The van der Waals surface area contributed by atoms with Gasteiger partial charge in [-0.1, -0.05) is 24.6 Å². The number of aliphatic hydroxyl groups is 1. The van der Waals surface area contributed by atoms with Gasteiger partial charge < -0.3 is 15.1 Å². The van der Waals surface area contributed by atoms with Crippen LogP contribution in [0.5, 0.6) is 5.75 Å². The van der Waals surface area contributed by atoms with Crippen molar-refractivity contribution in [3.8, 4) is 5.75 Å². The van der Waals surface area contributed by atoms with Crippen molar-refractivity contribution in [3.05, 3.63) is 29.3 Å². The molecule has 94 valence electrons. The predicted molar refractivity (Wildman–Crippen MR) is 68.0 cm³/mol. The lowest BCUT2D eigenvalue weighted by Gasteiger charge is -2.26. The summed E-state index contributed by atoms with van der Waals surface area (Å²) in [6, 6.07) is 5.61. The number of hydrogen-bond acceptors (Lipinski definition) is 3. The molecule has 1 saturated heterocycles. The molecule has 0 amide bonds. The predicted octanol–water partition coefficient (Wildman–Crippen LogP) is 1.91. The van der Waals surface area contributed by atoms with Crippen LogP contribution in [0.4, 0.5) is 0 Å². The number of rotatable bonds is 4. The largest absolute Gasteiger partial charge is 0.507 e. The molecule has 0 aromatic heterocycles. The minimum Gasteiger partial charge on any atom is -0.507 e. The normalized spacial score (nSPS) is 17.2. The van der Waals surface area contributed by atoms with Gasteiger partial charge in [0, 0.05) is 12.1 Å². The van der Waals surface area contributed by atoms with Crippen LogP contribution in [0.2, 0.25) is 0 Å². The molecule has 1 aliphatic rings. The van der Waals surface area contributed by atoms with Gasteiger partial charge in [0.05, 0.1) is 6.61 Å². The number of aliphatic hydroxyl groups excluding tert-OH is 1. The van der Waals surface area contributed by atoms with E-state index in [4.69, 9.17) is 5.11 Å². The van der Waals surface area contributed by atoms with Gasteiger partial charge in [-0.2, -0.15) is 0 Å². The van der Waals surface area contributed by atoms with E-state index in [1.165, 1.54) is 32.4 Å². The standard InChI is InChI=1S/C14H21NO2/c16-11-13-6-4-5-12(14(13)17)7-10-15-8-2-1-3-9-15/h4-6,16-17H,1-3,7-11H2. The summed E-state index contributed by atoms with van der Waals surface area (Å²) in [5.74, 6) is 0.270. The lowest BCUT2D eigenvalue weighted by molar-refractivity contribution is 0.230. The number of likely N-dealkylation sites (tertiary alicyclic amines) is 1. The first-order valence-electron chi connectivity index (χ1n) is 6.44. The molecule has 0 spiro atoms. The molecule has 0 atom stereocenters. The summed E-state index contributed by atoms with van der Waals surface area (Å²) >= 11 is 0. The van der Waals surface area contributed by atoms with Crippen molar-refractivity contribution >= 4 is 0 Å². The second-order valence-corrected chi connectivity index (χ2v) is 4.74. The second kappa shape index (κ2) is 6.03. The Hall–Kier alpha value is -1.06. The van der Waals surface area contributed by atoms with Crippen LogP contribution in [0.1, 0.15) is 30.4 Å². The lowest BCUT2D eigenvalue weighted by atomic mass is 10.1. The van der Waals surface area contributed by atoms with E-state index in [2.05, 4.69) is 4.90 Å². The Labute approximate surface area is 103 Å². The third-order valence-corrected chi connectivity index (χ3v) is 3.52. The van der Waals surface area contributed by atoms with Gasteiger partial charge >= 0.3 is 0 Å². The van der Waals surface area contributed by atoms with E-state index < -0.39 is 0 Å². The van der Waals surface area contributed by atoms with E-state index in [0.29, 0.717) is 5.56 Å². The van der Waals surface area contributed by atoms with Gasteiger partial charge in [0.1, 0.15) is 5.75 Å². The SMILES string of the molecule is OCc1cccc(CCN2CCCCC2)c1O. The molecule has 1 aliphatic heterocycles. The minimum atomic E-state index is -0.0939. The van der Waals surface area contributed by atoms with E-state index in [9.17, 15) is 5.11 Å². The fourth-order valence-corrected chi connectivity index (χ4v) is 2.44. The van der Waals surface area contributed by atoms with Gasteiger partial charge in [0.15, 0.2) is 0 Å². The van der Waals surface area contributed by atoms with E-state index in [0.717, 1.165) is 18.5 Å². The fourth-order valence-electron chi connectivity index (χ4n) is 2.44. The first-order chi connectivity index (χ1) is 8.31. The van der Waals surface area contributed by atoms with Gasteiger partial charge in [-0.05, 0) is 37.9 Å². The van der Waals surface area contributed by atoms with Crippen LogP contribution in [0.15, 0.2) is 18.2 Å². The third-order valence-electron chi connectivity index (χ3n) is 3.52. The Balaban J connectivity index is 1.93. The van der Waals surface area contributed by atoms with Crippen LogP contribution in [0.3, 0.4) is 0 Å². The molecule has 0 radical (unpaired) electrons. The van der Waals surface area contributed by atoms with Crippen LogP contribution < -0.4 is 0 Å². The summed E-state index contributed by atoms with van der Waals surface area (Å²) in [6.45, 7) is 3.27. The van der Waals surface area contributed by atoms with Gasteiger partial charge in [0.2, 0.25) is 0 Å². The molecule has 1 heterocycles. The number of phenols is 1. The summed E-state index contributed by atoms with van der Waals surface area (Å²) in [5.41, 5.74) is 1.57. The van der Waals surface area contributed by atoms with Crippen LogP contribution in [0, 0.1) is 0 Å². The van der Waals surface area contributed by atoms with E-state index in [-0.39, 0.29) is 12.4 Å². The summed E-state index contributed by atoms with van der Waals surface area (Å²) < 4.78 is 0. The average molecular weight is 235 g/mol. The van der Waals surface area contributed by atoms with Crippen LogP contribution in [-0.4, -0.2) is 34.7 Å². The highest BCUT2D eigenvalue weighted by atomic mass is 16.3. The maximum Gasteiger partial charge on any atom is 0.124 e. The van der Waals surface area contributed by atoms with Crippen molar-refractivity contribution < 1.29 is 10.2 Å². The molecule has 0 bridgehead atoms. The maximum absolute atomic E-state index is 9.94. The molecule has 17 heavy (non-hydrogen) atoms. The Morgan fingerprint density at radius 2 is 1.76 bits per heavy atom. The quantitative estimate of drug-likeness (QED) is 0.838. The van der Waals surface area contributed by atoms with Gasteiger partial charge in [-0.25, -0.2) is 0 Å². The number of hydrogen-bond donors (Lipinski definition) is 2. The Kier molecular flexibility index (Phi) is 4.40. The number of nitrogens with zero attached hydrogens (tertiary/aromatic N) is 1. The monoisotopic (exact) mass is 235 g/mol. The number of para-hydroxylation sites is 1. The average Bonchev–Trinajstić information content (AvgIpc) is 2.39. The zero-order chi connectivity index (χ0) is 12.1. The molecule has 3 nitrogen and oxygen atoms in total. The smallest absolute Gasteiger partial charge is 0.124 e. The summed E-state index contributed by atoms with van der Waals surface area (Å²) in [7, 11) is 0. The van der Waals surface area contributed by atoms with Crippen molar-refractivity contribution in [2.45, 2.75) is 32.3 Å². The zero-order valence-electron chi connectivity index (χ0n) is 10.2. The highest BCUT2D eigenvalue weighted by Gasteiger charge is 2.11. The first kappa shape index (κ1) is 12.4. The topological polar surface area (TPSA) is 43.7 Å². The number of benzene rings is 1. The van der Waals surface area contributed by atoms with E-state index in [1.54, 1.807) is 6.07 Å². The summed E-state index contributed by atoms with van der Waals surface area (Å²) in [4.78, 5) is 2.45. The molecule has 3 heteroatoms. The maximum atomic E-state index is 9.94. The van der Waals surface area contributed by atoms with Crippen molar-refractivity contribution in [2.75, 3.05) is 19.6 Å². The van der Waals surface area contributed by atoms with E-state index >= 15 is 0 Å². The highest BCUT2D eigenvalue weighted by molar-refractivity contribution is 5.40. The third kappa shape index (κ3) is 3.20. The highest BCUT2D eigenvalue weighted by Crippen LogP contribution is 2.23. The van der Waals surface area contributed by atoms with Gasteiger partial charge in [-0.15, -0.1) is 0 Å². The molecular weight excluding hydrogens is 214 g/mol. The summed E-state index contributed by atoms with van der Waals surface area (Å²) in [6.07, 6.45) is 4.80. The number of aromatic hydroxyl groups is 1. The molecular formula is C14H21NO2. The molecule has 1 fully saturated rings. The Morgan fingerprint density at radius 3 is 2.47 bits per heavy atom. The molecule has 0 aliphatic carbocycles. The van der Waals surface area contributed by atoms with Crippen LogP contribution >= 0.6 is 0 Å². The molecule has 2 rings (SSSR count). The van der Waals surface area contributed by atoms with Gasteiger partial charge in [-0.3, -0.25) is 0 Å². The van der Waals surface area contributed by atoms with Crippen molar-refractivity contribution in [3.63, 3.8) is 0 Å². The van der Waals surface area contributed by atoms with Crippen LogP contribution in [-0.2, 0) is 13.0 Å². The number of piperidine rings is 1. The van der Waals surface area contributed by atoms with Crippen molar-refractivity contribution in [2.24, 2.45) is 0 Å². The Morgan fingerprint density at radius 1 is 1.06 bits per heavy atom. The minimum absolute atomic E-state index is 0.0939. The second-order valence-electron chi connectivity index (χ2n) is 4.74. The first-order valence-corrected chi connectivity index (χ1v) is 6.44. The van der Waals surface area contributed by atoms with E-state index in [1.807, 2.05) is 12.1 Å². The zero-order valence-corrected chi connectivity index (χ0v) is 10.2. The molecule has 0 saturated carbocycles. The molecule has 1 aromatic rings. The van der Waals surface area contributed by atoms with Crippen molar-refractivity contribution in [1.82, 2.24) is 4.90 Å². The van der Waals surface area contributed by atoms with Crippen LogP contribution in [0.25, 0.3) is 0 Å². The van der Waals surface area contributed by atoms with Gasteiger partial charge in [0.25, 0.3) is 0 Å². The molecule has 0 unspecified atom stereocenters. The molecule has 2 N–H and O–H groups in total. The van der Waals surface area contributed by atoms with Crippen molar-refractivity contribution in [1.29, 1.82) is 0 Å². The fraction of sp³-hybridized carbons (Fsp3) is 0.571. The molecule has 1 aromatic carbocycles. The summed E-state index contributed by atoms with van der Waals surface area (Å²) in [5, 5.41) is 19.0.